The van der Waals surface area contributed by atoms with Gasteiger partial charge in [0.15, 0.2) is 5.11 Å². The molecule has 0 saturated carbocycles. The lowest BCUT2D eigenvalue weighted by Gasteiger charge is -2.24. The van der Waals surface area contributed by atoms with E-state index in [1.54, 1.807) is 6.26 Å². The zero-order chi connectivity index (χ0) is 15.9. The van der Waals surface area contributed by atoms with Crippen molar-refractivity contribution in [1.29, 1.82) is 5.26 Å². The van der Waals surface area contributed by atoms with Gasteiger partial charge in [0, 0.05) is 12.2 Å². The number of hydrogen-bond acceptors (Lipinski definition) is 3. The van der Waals surface area contributed by atoms with Crippen LogP contribution in [0.15, 0.2) is 41.0 Å². The molecule has 0 unspecified atom stereocenters. The van der Waals surface area contributed by atoms with Crippen LogP contribution < -0.4 is 5.32 Å². The van der Waals surface area contributed by atoms with Crippen LogP contribution in [0.1, 0.15) is 23.3 Å². The van der Waals surface area contributed by atoms with E-state index in [1.807, 2.05) is 30.9 Å². The minimum absolute atomic E-state index is 0.412. The van der Waals surface area contributed by atoms with Crippen molar-refractivity contribution in [3.05, 3.63) is 53.5 Å². The number of thiocarbonyl (C=S) groups is 1. The predicted molar refractivity (Wildman–Crippen MR) is 91.5 cm³/mol. The number of benzene rings is 1. The summed E-state index contributed by atoms with van der Waals surface area (Å²) >= 11 is 5.51. The first-order chi connectivity index (χ1) is 10.6. The Labute approximate surface area is 136 Å². The molecule has 1 aromatic carbocycles. The molecule has 0 spiro atoms. The normalized spacial score (nSPS) is 10.0. The summed E-state index contributed by atoms with van der Waals surface area (Å²) in [6.07, 6.45) is 2.05. The van der Waals surface area contributed by atoms with Crippen LogP contribution in [-0.2, 0) is 6.54 Å². The smallest absolute Gasteiger partial charge is 0.173 e. The van der Waals surface area contributed by atoms with Gasteiger partial charge in [-0.15, -0.1) is 0 Å². The summed E-state index contributed by atoms with van der Waals surface area (Å²) < 4.78 is 5.38. The molecule has 1 heterocycles. The molecule has 0 aliphatic carbocycles. The summed E-state index contributed by atoms with van der Waals surface area (Å²) in [5.74, 6) is 0.822. The van der Waals surface area contributed by atoms with E-state index in [0.29, 0.717) is 24.6 Å². The van der Waals surface area contributed by atoms with Crippen molar-refractivity contribution in [2.45, 2.75) is 26.8 Å². The van der Waals surface area contributed by atoms with Crippen molar-refractivity contribution >= 4 is 23.0 Å². The number of furan rings is 1. The Kier molecular flexibility index (Phi) is 5.56. The van der Waals surface area contributed by atoms with Crippen LogP contribution in [0.3, 0.4) is 0 Å². The van der Waals surface area contributed by atoms with Crippen LogP contribution in [0.5, 0.6) is 0 Å². The third-order valence-corrected chi connectivity index (χ3v) is 3.70. The highest BCUT2D eigenvalue weighted by molar-refractivity contribution is 7.80. The molecule has 0 atom stereocenters. The number of aryl methyl sites for hydroxylation is 2. The molecule has 0 fully saturated rings. The van der Waals surface area contributed by atoms with Crippen molar-refractivity contribution in [1.82, 2.24) is 4.90 Å². The van der Waals surface area contributed by atoms with E-state index in [9.17, 15) is 0 Å². The summed E-state index contributed by atoms with van der Waals surface area (Å²) in [5, 5.41) is 12.7. The van der Waals surface area contributed by atoms with Gasteiger partial charge in [-0.05, 0) is 55.4 Å². The standard InChI is InChI=1S/C17H19N3OS/c1-13-6-7-14(2)16(11-13)19-17(22)20(9-4-8-18)12-15-5-3-10-21-15/h3,5-7,10-11H,4,9,12H2,1-2H3,(H,19,22). The molecule has 2 aromatic rings. The first kappa shape index (κ1) is 16.1. The maximum atomic E-state index is 8.83. The van der Waals surface area contributed by atoms with Crippen molar-refractivity contribution < 1.29 is 4.42 Å². The first-order valence-electron chi connectivity index (χ1n) is 7.12. The van der Waals surface area contributed by atoms with Gasteiger partial charge in [-0.1, -0.05) is 12.1 Å². The second kappa shape index (κ2) is 7.62. The highest BCUT2D eigenvalue weighted by Gasteiger charge is 2.13. The third-order valence-electron chi connectivity index (χ3n) is 3.34. The van der Waals surface area contributed by atoms with E-state index in [-0.39, 0.29) is 0 Å². The SMILES string of the molecule is Cc1ccc(C)c(NC(=S)N(CCC#N)Cc2ccco2)c1. The van der Waals surface area contributed by atoms with Crippen molar-refractivity contribution in [3.8, 4) is 6.07 Å². The van der Waals surface area contributed by atoms with Crippen LogP contribution in [-0.4, -0.2) is 16.6 Å². The quantitative estimate of drug-likeness (QED) is 0.845. The van der Waals surface area contributed by atoms with Gasteiger partial charge in [0.2, 0.25) is 0 Å². The summed E-state index contributed by atoms with van der Waals surface area (Å²) in [7, 11) is 0. The van der Waals surface area contributed by atoms with E-state index in [0.717, 1.165) is 17.0 Å². The predicted octanol–water partition coefficient (Wildman–Crippen LogP) is 4.01. The fraction of sp³-hybridized carbons (Fsp3) is 0.294. The van der Waals surface area contributed by atoms with Crippen LogP contribution in [0.4, 0.5) is 5.69 Å². The highest BCUT2D eigenvalue weighted by atomic mass is 32.1. The molecule has 0 aliphatic heterocycles. The molecule has 1 N–H and O–H groups in total. The molecule has 5 heteroatoms. The monoisotopic (exact) mass is 313 g/mol. The van der Waals surface area contributed by atoms with Gasteiger partial charge in [-0.2, -0.15) is 5.26 Å². The maximum absolute atomic E-state index is 8.83. The van der Waals surface area contributed by atoms with Crippen molar-refractivity contribution in [3.63, 3.8) is 0 Å². The molecule has 22 heavy (non-hydrogen) atoms. The Balaban J connectivity index is 2.10. The van der Waals surface area contributed by atoms with E-state index in [4.69, 9.17) is 21.9 Å². The molecule has 114 valence electrons. The van der Waals surface area contributed by atoms with E-state index in [2.05, 4.69) is 29.6 Å². The Hall–Kier alpha value is -2.32. The number of nitriles is 1. The molecule has 1 aromatic heterocycles. The minimum atomic E-state index is 0.412. The van der Waals surface area contributed by atoms with Crippen LogP contribution in [0.25, 0.3) is 0 Å². The average Bonchev–Trinajstić information content (AvgIpc) is 3.00. The van der Waals surface area contributed by atoms with Crippen molar-refractivity contribution in [2.75, 3.05) is 11.9 Å². The molecule has 2 rings (SSSR count). The minimum Gasteiger partial charge on any atom is -0.467 e. The molecule has 0 radical (unpaired) electrons. The number of hydrogen-bond donors (Lipinski definition) is 1. The number of nitrogens with zero attached hydrogens (tertiary/aromatic N) is 2. The number of anilines is 1. The van der Waals surface area contributed by atoms with Gasteiger partial charge >= 0.3 is 0 Å². The summed E-state index contributed by atoms with van der Waals surface area (Å²) in [5.41, 5.74) is 3.29. The topological polar surface area (TPSA) is 52.2 Å². The fourth-order valence-electron chi connectivity index (χ4n) is 2.09. The Bertz CT molecular complexity index is 674. The van der Waals surface area contributed by atoms with Crippen molar-refractivity contribution in [2.24, 2.45) is 0 Å². The lowest BCUT2D eigenvalue weighted by atomic mass is 10.1. The Morgan fingerprint density at radius 1 is 1.36 bits per heavy atom. The lowest BCUT2D eigenvalue weighted by molar-refractivity contribution is 0.371. The van der Waals surface area contributed by atoms with E-state index in [1.165, 1.54) is 5.56 Å². The highest BCUT2D eigenvalue weighted by Crippen LogP contribution is 2.18. The van der Waals surface area contributed by atoms with Gasteiger partial charge in [-0.3, -0.25) is 0 Å². The summed E-state index contributed by atoms with van der Waals surface area (Å²) in [4.78, 5) is 1.94. The van der Waals surface area contributed by atoms with Gasteiger partial charge in [-0.25, -0.2) is 0 Å². The molecule has 0 saturated heterocycles. The lowest BCUT2D eigenvalue weighted by Crippen LogP contribution is -2.35. The molecular weight excluding hydrogens is 294 g/mol. The number of rotatable bonds is 5. The van der Waals surface area contributed by atoms with Gasteiger partial charge < -0.3 is 14.6 Å². The molecule has 0 amide bonds. The Morgan fingerprint density at radius 3 is 2.86 bits per heavy atom. The summed E-state index contributed by atoms with van der Waals surface area (Å²) in [6, 6.07) is 12.1. The second-order valence-electron chi connectivity index (χ2n) is 5.16. The van der Waals surface area contributed by atoms with Crippen LogP contribution >= 0.6 is 12.2 Å². The van der Waals surface area contributed by atoms with Gasteiger partial charge in [0.25, 0.3) is 0 Å². The van der Waals surface area contributed by atoms with Gasteiger partial charge in [0.05, 0.1) is 25.3 Å². The van der Waals surface area contributed by atoms with E-state index < -0.39 is 0 Å². The van der Waals surface area contributed by atoms with Crippen LogP contribution in [0, 0.1) is 25.2 Å². The molecule has 0 bridgehead atoms. The third kappa shape index (κ3) is 4.34. The Morgan fingerprint density at radius 2 is 2.18 bits per heavy atom. The maximum Gasteiger partial charge on any atom is 0.173 e. The van der Waals surface area contributed by atoms with Crippen LogP contribution in [0.2, 0.25) is 0 Å². The van der Waals surface area contributed by atoms with Gasteiger partial charge in [0.1, 0.15) is 5.76 Å². The van der Waals surface area contributed by atoms with E-state index >= 15 is 0 Å². The molecule has 0 aliphatic rings. The zero-order valence-electron chi connectivity index (χ0n) is 12.8. The average molecular weight is 313 g/mol. The first-order valence-corrected chi connectivity index (χ1v) is 7.53. The largest absolute Gasteiger partial charge is 0.467 e. The molecular formula is C17H19N3OS. The fourth-order valence-corrected chi connectivity index (χ4v) is 2.36. The zero-order valence-corrected chi connectivity index (χ0v) is 13.6. The second-order valence-corrected chi connectivity index (χ2v) is 5.54. The number of nitrogens with one attached hydrogen (secondary N) is 1. The summed E-state index contributed by atoms with van der Waals surface area (Å²) in [6.45, 7) is 5.19. The molecule has 4 nitrogen and oxygen atoms in total.